The zero-order valence-electron chi connectivity index (χ0n) is 15.9. The molecule has 0 fully saturated rings. The molecule has 4 aromatic rings. The number of nitrogens with one attached hydrogen (secondary N) is 1. The Hall–Kier alpha value is -3.41. The van der Waals surface area contributed by atoms with E-state index < -0.39 is 6.04 Å². The summed E-state index contributed by atoms with van der Waals surface area (Å²) < 4.78 is 3.76. The average Bonchev–Trinajstić information content (AvgIpc) is 3.03. The SMILES string of the molecule is Cc1cc(=O)nc2c3ccccc3n([C@H](C)C(=O)NCCc3ccccc3)n12. The van der Waals surface area contributed by atoms with Crippen molar-refractivity contribution in [3.05, 3.63) is 82.3 Å². The first-order valence-corrected chi connectivity index (χ1v) is 9.37. The van der Waals surface area contributed by atoms with Crippen LogP contribution in [0.3, 0.4) is 0 Å². The maximum atomic E-state index is 12.9. The molecule has 0 aliphatic carbocycles. The Kier molecular flexibility index (Phi) is 4.69. The van der Waals surface area contributed by atoms with Crippen molar-refractivity contribution >= 4 is 22.5 Å². The summed E-state index contributed by atoms with van der Waals surface area (Å²) >= 11 is 0. The third-order valence-electron chi connectivity index (χ3n) is 4.99. The first-order chi connectivity index (χ1) is 13.6. The minimum Gasteiger partial charge on any atom is -0.354 e. The smallest absolute Gasteiger partial charge is 0.273 e. The van der Waals surface area contributed by atoms with E-state index in [-0.39, 0.29) is 11.5 Å². The van der Waals surface area contributed by atoms with E-state index in [1.807, 2.05) is 77.6 Å². The highest BCUT2D eigenvalue weighted by Crippen LogP contribution is 2.24. The summed E-state index contributed by atoms with van der Waals surface area (Å²) in [4.78, 5) is 29.0. The molecule has 2 aromatic heterocycles. The average molecular weight is 374 g/mol. The second-order valence-corrected chi connectivity index (χ2v) is 6.94. The Morgan fingerprint density at radius 3 is 2.61 bits per heavy atom. The van der Waals surface area contributed by atoms with E-state index in [1.165, 1.54) is 11.6 Å². The van der Waals surface area contributed by atoms with Gasteiger partial charge in [0.2, 0.25) is 5.91 Å². The number of rotatable bonds is 5. The van der Waals surface area contributed by atoms with Crippen molar-refractivity contribution in [3.8, 4) is 0 Å². The van der Waals surface area contributed by atoms with Crippen LogP contribution in [0.1, 0.15) is 24.2 Å². The molecular formula is C22H22N4O2. The fourth-order valence-corrected chi connectivity index (χ4v) is 3.62. The lowest BCUT2D eigenvalue weighted by molar-refractivity contribution is -0.124. The Balaban J connectivity index is 1.67. The van der Waals surface area contributed by atoms with Crippen LogP contribution in [0.4, 0.5) is 0 Å². The monoisotopic (exact) mass is 374 g/mol. The first kappa shape index (κ1) is 18.0. The fraction of sp³-hybridized carbons (Fsp3) is 0.227. The Labute approximate surface area is 162 Å². The molecule has 0 aliphatic heterocycles. The highest BCUT2D eigenvalue weighted by molar-refractivity contribution is 5.94. The molecule has 1 amide bonds. The molecule has 1 atom stereocenters. The number of fused-ring (bicyclic) bond motifs is 3. The normalized spacial score (nSPS) is 12.4. The number of benzene rings is 2. The van der Waals surface area contributed by atoms with E-state index in [4.69, 9.17) is 0 Å². The van der Waals surface area contributed by atoms with Crippen LogP contribution in [0.5, 0.6) is 0 Å². The van der Waals surface area contributed by atoms with Crippen molar-refractivity contribution in [1.82, 2.24) is 19.5 Å². The Morgan fingerprint density at radius 2 is 1.82 bits per heavy atom. The van der Waals surface area contributed by atoms with Gasteiger partial charge in [-0.05, 0) is 38.0 Å². The van der Waals surface area contributed by atoms with Crippen LogP contribution < -0.4 is 10.9 Å². The van der Waals surface area contributed by atoms with Gasteiger partial charge in [-0.15, -0.1) is 0 Å². The number of aromatic nitrogens is 3. The maximum absolute atomic E-state index is 12.9. The number of aryl methyl sites for hydroxylation is 1. The number of carbonyl (C=O) groups excluding carboxylic acids is 1. The molecule has 2 aromatic carbocycles. The molecule has 142 valence electrons. The van der Waals surface area contributed by atoms with Gasteiger partial charge < -0.3 is 5.32 Å². The summed E-state index contributed by atoms with van der Waals surface area (Å²) in [6.45, 7) is 4.28. The summed E-state index contributed by atoms with van der Waals surface area (Å²) in [6, 6.07) is 18.8. The zero-order chi connectivity index (χ0) is 19.7. The second kappa shape index (κ2) is 7.31. The lowest BCUT2D eigenvalue weighted by atomic mass is 10.1. The molecule has 0 spiro atoms. The fourth-order valence-electron chi connectivity index (χ4n) is 3.62. The number of amides is 1. The number of hydrogen-bond acceptors (Lipinski definition) is 3. The van der Waals surface area contributed by atoms with Crippen molar-refractivity contribution in [2.75, 3.05) is 6.54 Å². The molecule has 0 bridgehead atoms. The Bertz CT molecular complexity index is 1210. The van der Waals surface area contributed by atoms with Gasteiger partial charge in [-0.2, -0.15) is 4.98 Å². The summed E-state index contributed by atoms with van der Waals surface area (Å²) in [5, 5.41) is 3.88. The van der Waals surface area contributed by atoms with Crippen LogP contribution in [0.25, 0.3) is 16.6 Å². The van der Waals surface area contributed by atoms with Crippen molar-refractivity contribution in [2.45, 2.75) is 26.3 Å². The highest BCUT2D eigenvalue weighted by atomic mass is 16.2. The zero-order valence-corrected chi connectivity index (χ0v) is 15.9. The molecule has 4 rings (SSSR count). The summed E-state index contributed by atoms with van der Waals surface area (Å²) in [5.74, 6) is -0.0725. The largest absolute Gasteiger partial charge is 0.354 e. The lowest BCUT2D eigenvalue weighted by Crippen LogP contribution is -2.34. The van der Waals surface area contributed by atoms with Gasteiger partial charge in [0.15, 0.2) is 5.65 Å². The van der Waals surface area contributed by atoms with E-state index in [9.17, 15) is 9.59 Å². The third kappa shape index (κ3) is 3.17. The summed E-state index contributed by atoms with van der Waals surface area (Å²) in [7, 11) is 0. The molecule has 6 heteroatoms. The van der Waals surface area contributed by atoms with Crippen molar-refractivity contribution in [3.63, 3.8) is 0 Å². The van der Waals surface area contributed by atoms with E-state index in [2.05, 4.69) is 10.3 Å². The van der Waals surface area contributed by atoms with Gasteiger partial charge in [0.25, 0.3) is 5.56 Å². The molecule has 0 radical (unpaired) electrons. The summed E-state index contributed by atoms with van der Waals surface area (Å²) in [6.07, 6.45) is 0.778. The molecule has 0 aliphatic rings. The lowest BCUT2D eigenvalue weighted by Gasteiger charge is -2.18. The van der Waals surface area contributed by atoms with Gasteiger partial charge in [-0.25, -0.2) is 4.52 Å². The molecular weight excluding hydrogens is 352 g/mol. The third-order valence-corrected chi connectivity index (χ3v) is 4.99. The number of carbonyl (C=O) groups is 1. The van der Waals surface area contributed by atoms with Gasteiger partial charge in [0.05, 0.1) is 5.52 Å². The van der Waals surface area contributed by atoms with Crippen LogP contribution >= 0.6 is 0 Å². The highest BCUT2D eigenvalue weighted by Gasteiger charge is 2.22. The Morgan fingerprint density at radius 1 is 1.11 bits per heavy atom. The number of para-hydroxylation sites is 1. The van der Waals surface area contributed by atoms with E-state index in [0.717, 1.165) is 23.0 Å². The molecule has 28 heavy (non-hydrogen) atoms. The number of hydrogen-bond donors (Lipinski definition) is 1. The van der Waals surface area contributed by atoms with Crippen molar-refractivity contribution < 1.29 is 4.79 Å². The molecule has 6 nitrogen and oxygen atoms in total. The quantitative estimate of drug-likeness (QED) is 0.584. The van der Waals surface area contributed by atoms with E-state index in [0.29, 0.717) is 12.2 Å². The standard InChI is InChI=1S/C22H22N4O2/c1-15-14-20(27)24-21-18-10-6-7-11-19(18)26(25(15)21)16(2)22(28)23-13-12-17-8-4-3-5-9-17/h3-11,14,16H,12-13H2,1-2H3,(H,23,28)/t16-/m1/s1. The topological polar surface area (TPSA) is 68.4 Å². The first-order valence-electron chi connectivity index (χ1n) is 9.37. The maximum Gasteiger partial charge on any atom is 0.273 e. The predicted molar refractivity (Wildman–Crippen MR) is 110 cm³/mol. The molecule has 0 saturated carbocycles. The molecule has 0 unspecified atom stereocenters. The van der Waals surface area contributed by atoms with Gasteiger partial charge >= 0.3 is 0 Å². The van der Waals surface area contributed by atoms with Crippen LogP contribution in [0, 0.1) is 6.92 Å². The molecule has 2 heterocycles. The minimum atomic E-state index is -0.457. The van der Waals surface area contributed by atoms with Crippen molar-refractivity contribution in [1.29, 1.82) is 0 Å². The van der Waals surface area contributed by atoms with Crippen LogP contribution in [-0.4, -0.2) is 26.6 Å². The van der Waals surface area contributed by atoms with E-state index >= 15 is 0 Å². The van der Waals surface area contributed by atoms with Crippen LogP contribution in [-0.2, 0) is 11.2 Å². The van der Waals surface area contributed by atoms with E-state index in [1.54, 1.807) is 0 Å². The van der Waals surface area contributed by atoms with Crippen molar-refractivity contribution in [2.24, 2.45) is 0 Å². The number of nitrogens with zero attached hydrogens (tertiary/aromatic N) is 3. The van der Waals surface area contributed by atoms with Crippen LogP contribution in [0.15, 0.2) is 65.5 Å². The molecule has 1 N–H and O–H groups in total. The molecule has 0 saturated heterocycles. The summed E-state index contributed by atoms with van der Waals surface area (Å²) in [5.41, 5.74) is 3.10. The second-order valence-electron chi connectivity index (χ2n) is 6.94. The van der Waals surface area contributed by atoms with Gasteiger partial charge in [0, 0.05) is 23.7 Å². The van der Waals surface area contributed by atoms with Gasteiger partial charge in [0.1, 0.15) is 6.04 Å². The van der Waals surface area contributed by atoms with Gasteiger partial charge in [-0.3, -0.25) is 14.3 Å². The predicted octanol–water partition coefficient (Wildman–Crippen LogP) is 2.88. The van der Waals surface area contributed by atoms with Gasteiger partial charge in [-0.1, -0.05) is 42.5 Å². The van der Waals surface area contributed by atoms with Crippen LogP contribution in [0.2, 0.25) is 0 Å². The minimum absolute atomic E-state index is 0.0725.